The van der Waals surface area contributed by atoms with E-state index in [1.54, 1.807) is 0 Å². The Morgan fingerprint density at radius 2 is 1.87 bits per heavy atom. The Labute approximate surface area is 135 Å². The lowest BCUT2D eigenvalue weighted by Gasteiger charge is -2.20. The van der Waals surface area contributed by atoms with E-state index in [0.29, 0.717) is 19.5 Å². The maximum Gasteiger partial charge on any atom is 0.227 e. The first-order chi connectivity index (χ1) is 11.3. The van der Waals surface area contributed by atoms with Crippen molar-refractivity contribution < 1.29 is 4.79 Å². The number of amides is 1. The Hall–Kier alpha value is -2.78. The van der Waals surface area contributed by atoms with Crippen molar-refractivity contribution in [2.45, 2.75) is 12.8 Å². The van der Waals surface area contributed by atoms with E-state index in [4.69, 9.17) is 5.53 Å². The van der Waals surface area contributed by atoms with Crippen LogP contribution in [0.4, 0.5) is 5.69 Å². The van der Waals surface area contributed by atoms with E-state index in [0.717, 1.165) is 17.7 Å². The predicted octanol–water partition coefficient (Wildman–Crippen LogP) is 3.94. The van der Waals surface area contributed by atoms with Gasteiger partial charge in [-0.15, -0.1) is 0 Å². The van der Waals surface area contributed by atoms with Crippen molar-refractivity contribution in [1.29, 1.82) is 0 Å². The van der Waals surface area contributed by atoms with Gasteiger partial charge in [0, 0.05) is 30.1 Å². The smallest absolute Gasteiger partial charge is 0.227 e. The largest absolute Gasteiger partial charge is 0.312 e. The molecule has 0 saturated carbocycles. The minimum absolute atomic E-state index is 0.100. The number of para-hydroxylation sites is 1. The summed E-state index contributed by atoms with van der Waals surface area (Å²) in [4.78, 5) is 17.0. The lowest BCUT2D eigenvalue weighted by Crippen LogP contribution is -2.26. The van der Waals surface area contributed by atoms with Crippen LogP contribution in [0.3, 0.4) is 0 Å². The number of hydrogen-bond acceptors (Lipinski definition) is 2. The van der Waals surface area contributed by atoms with Crippen LogP contribution in [-0.4, -0.2) is 19.0 Å². The second kappa shape index (κ2) is 6.99. The molecule has 1 aliphatic rings. The van der Waals surface area contributed by atoms with Crippen LogP contribution >= 0.6 is 0 Å². The molecule has 1 atom stereocenters. The summed E-state index contributed by atoms with van der Waals surface area (Å²) in [6.45, 7) is 0.989. The fourth-order valence-corrected chi connectivity index (χ4v) is 3.03. The molecule has 116 valence electrons. The van der Waals surface area contributed by atoms with Crippen LogP contribution in [-0.2, 0) is 11.2 Å². The molecule has 0 bridgehead atoms. The second-order valence-corrected chi connectivity index (χ2v) is 5.78. The van der Waals surface area contributed by atoms with Crippen LogP contribution in [0, 0.1) is 5.92 Å². The van der Waals surface area contributed by atoms with Crippen molar-refractivity contribution >= 4 is 11.6 Å². The predicted molar refractivity (Wildman–Crippen MR) is 90.2 cm³/mol. The summed E-state index contributed by atoms with van der Waals surface area (Å²) in [5.74, 6) is 0.201. The number of rotatable bonds is 5. The molecule has 5 nitrogen and oxygen atoms in total. The van der Waals surface area contributed by atoms with Crippen molar-refractivity contribution in [2.24, 2.45) is 11.0 Å². The van der Waals surface area contributed by atoms with Gasteiger partial charge in [-0.1, -0.05) is 53.6 Å². The van der Waals surface area contributed by atoms with E-state index in [1.165, 1.54) is 5.56 Å². The molecule has 1 unspecified atom stereocenters. The molecule has 3 rings (SSSR count). The molecule has 0 N–H and O–H groups in total. The highest BCUT2D eigenvalue weighted by Gasteiger charge is 2.31. The molecule has 2 aromatic carbocycles. The molecule has 1 heterocycles. The van der Waals surface area contributed by atoms with Gasteiger partial charge in [0.05, 0.1) is 0 Å². The summed E-state index contributed by atoms with van der Waals surface area (Å²) >= 11 is 0. The summed E-state index contributed by atoms with van der Waals surface area (Å²) in [6.07, 6.45) is 1.24. The number of nitrogens with zero attached hydrogens (tertiary/aromatic N) is 4. The fraction of sp³-hybridized carbons (Fsp3) is 0.278. The number of carbonyl (C=O) groups is 1. The number of anilines is 1. The topological polar surface area (TPSA) is 69.1 Å². The van der Waals surface area contributed by atoms with E-state index < -0.39 is 0 Å². The SMILES string of the molecule is [N-]=[N+]=NCC1CC(=O)N(c2ccccc2Cc2ccccc2)C1. The zero-order chi connectivity index (χ0) is 16.1. The van der Waals surface area contributed by atoms with Gasteiger partial charge in [-0.05, 0) is 35.1 Å². The first-order valence-corrected chi connectivity index (χ1v) is 7.71. The Kier molecular flexibility index (Phi) is 4.60. The summed E-state index contributed by atoms with van der Waals surface area (Å²) in [5.41, 5.74) is 11.8. The van der Waals surface area contributed by atoms with Crippen LogP contribution in [0.1, 0.15) is 17.5 Å². The van der Waals surface area contributed by atoms with Gasteiger partial charge in [-0.2, -0.15) is 0 Å². The standard InChI is InChI=1S/C18H18N4O/c19-21-20-12-15-11-18(23)22(13-15)17-9-5-4-8-16(17)10-14-6-2-1-3-7-14/h1-9,15H,10-13H2. The maximum absolute atomic E-state index is 12.3. The van der Waals surface area contributed by atoms with Crippen LogP contribution < -0.4 is 4.90 Å². The third kappa shape index (κ3) is 3.52. The molecule has 5 heteroatoms. The summed E-state index contributed by atoms with van der Waals surface area (Å²) in [7, 11) is 0. The molecule has 1 aliphatic heterocycles. The van der Waals surface area contributed by atoms with Crippen molar-refractivity contribution in [3.05, 3.63) is 76.2 Å². The molecule has 23 heavy (non-hydrogen) atoms. The third-order valence-electron chi connectivity index (χ3n) is 4.13. The Bertz CT molecular complexity index is 738. The van der Waals surface area contributed by atoms with E-state index in [1.807, 2.05) is 41.3 Å². The lowest BCUT2D eigenvalue weighted by atomic mass is 10.0. The molecular weight excluding hydrogens is 288 g/mol. The quantitative estimate of drug-likeness (QED) is 0.468. The lowest BCUT2D eigenvalue weighted by molar-refractivity contribution is -0.117. The first-order valence-electron chi connectivity index (χ1n) is 7.71. The molecule has 0 spiro atoms. The van der Waals surface area contributed by atoms with E-state index in [9.17, 15) is 4.79 Å². The van der Waals surface area contributed by atoms with E-state index in [-0.39, 0.29) is 11.8 Å². The maximum atomic E-state index is 12.3. The highest BCUT2D eigenvalue weighted by molar-refractivity contribution is 5.96. The van der Waals surface area contributed by atoms with Gasteiger partial charge in [-0.3, -0.25) is 4.79 Å². The average Bonchev–Trinajstić information content (AvgIpc) is 2.95. The molecule has 1 fully saturated rings. The van der Waals surface area contributed by atoms with Crippen LogP contribution in [0.2, 0.25) is 0 Å². The molecule has 0 aliphatic carbocycles. The number of carbonyl (C=O) groups excluding carboxylic acids is 1. The van der Waals surface area contributed by atoms with Crippen molar-refractivity contribution in [3.63, 3.8) is 0 Å². The van der Waals surface area contributed by atoms with Crippen molar-refractivity contribution in [3.8, 4) is 0 Å². The molecule has 0 aromatic heterocycles. The molecule has 1 amide bonds. The van der Waals surface area contributed by atoms with Gasteiger partial charge in [0.2, 0.25) is 5.91 Å². The minimum atomic E-state index is 0.100. The second-order valence-electron chi connectivity index (χ2n) is 5.78. The van der Waals surface area contributed by atoms with E-state index in [2.05, 4.69) is 28.2 Å². The third-order valence-corrected chi connectivity index (χ3v) is 4.13. The number of azide groups is 1. The monoisotopic (exact) mass is 306 g/mol. The number of benzene rings is 2. The van der Waals surface area contributed by atoms with Crippen molar-refractivity contribution in [1.82, 2.24) is 0 Å². The molecule has 2 aromatic rings. The minimum Gasteiger partial charge on any atom is -0.312 e. The zero-order valence-corrected chi connectivity index (χ0v) is 12.8. The van der Waals surface area contributed by atoms with E-state index >= 15 is 0 Å². The molecular formula is C18H18N4O. The van der Waals surface area contributed by atoms with Crippen LogP contribution in [0.5, 0.6) is 0 Å². The van der Waals surface area contributed by atoms with Gasteiger partial charge >= 0.3 is 0 Å². The van der Waals surface area contributed by atoms with Gasteiger partial charge < -0.3 is 4.90 Å². The van der Waals surface area contributed by atoms with Gasteiger partial charge in [0.25, 0.3) is 0 Å². The Morgan fingerprint density at radius 1 is 1.13 bits per heavy atom. The van der Waals surface area contributed by atoms with Crippen LogP contribution in [0.15, 0.2) is 59.7 Å². The normalized spacial score (nSPS) is 17.1. The van der Waals surface area contributed by atoms with Crippen LogP contribution in [0.25, 0.3) is 10.4 Å². The highest BCUT2D eigenvalue weighted by Crippen LogP contribution is 2.29. The number of hydrogen-bond donors (Lipinski definition) is 0. The van der Waals surface area contributed by atoms with Crippen molar-refractivity contribution in [2.75, 3.05) is 18.0 Å². The zero-order valence-electron chi connectivity index (χ0n) is 12.8. The Morgan fingerprint density at radius 3 is 2.65 bits per heavy atom. The molecule has 0 radical (unpaired) electrons. The van der Waals surface area contributed by atoms with Gasteiger partial charge in [0.1, 0.15) is 0 Å². The summed E-state index contributed by atoms with van der Waals surface area (Å²) < 4.78 is 0. The average molecular weight is 306 g/mol. The molecule has 1 saturated heterocycles. The fourth-order valence-electron chi connectivity index (χ4n) is 3.03. The first kappa shape index (κ1) is 15.1. The van der Waals surface area contributed by atoms with Gasteiger partial charge in [-0.25, -0.2) is 0 Å². The Balaban J connectivity index is 1.83. The highest BCUT2D eigenvalue weighted by atomic mass is 16.2. The van der Waals surface area contributed by atoms with Gasteiger partial charge in [0.15, 0.2) is 0 Å². The summed E-state index contributed by atoms with van der Waals surface area (Å²) in [6, 6.07) is 18.2. The summed E-state index contributed by atoms with van der Waals surface area (Å²) in [5, 5.41) is 3.61.